The van der Waals surface area contributed by atoms with Gasteiger partial charge in [-0.15, -0.1) is 11.3 Å². The first-order valence-electron chi connectivity index (χ1n) is 10.7. The molecule has 0 atom stereocenters. The number of rotatable bonds is 6. The Morgan fingerprint density at radius 1 is 1.09 bits per heavy atom. The summed E-state index contributed by atoms with van der Waals surface area (Å²) < 4.78 is 10.9. The third-order valence-corrected chi connectivity index (χ3v) is 6.85. The fourth-order valence-corrected chi connectivity index (χ4v) is 4.86. The number of para-hydroxylation sites is 1. The largest absolute Gasteiger partial charge is 0.454 e. The summed E-state index contributed by atoms with van der Waals surface area (Å²) in [6.07, 6.45) is 0.900. The van der Waals surface area contributed by atoms with Crippen LogP contribution < -0.4 is 20.3 Å². The molecule has 4 aromatic rings. The fraction of sp³-hybridized carbons (Fsp3) is 0.200. The van der Waals surface area contributed by atoms with E-state index in [4.69, 9.17) is 21.7 Å². The highest BCUT2D eigenvalue weighted by Crippen LogP contribution is 2.35. The Kier molecular flexibility index (Phi) is 6.02. The van der Waals surface area contributed by atoms with Crippen molar-refractivity contribution in [3.8, 4) is 11.5 Å². The molecule has 1 aliphatic rings. The smallest absolute Gasteiger partial charge is 0.253 e. The van der Waals surface area contributed by atoms with Crippen molar-refractivity contribution in [2.45, 2.75) is 26.4 Å². The minimum atomic E-state index is -0.144. The molecular weight excluding hydrogens is 454 g/mol. The number of aryl methyl sites for hydroxylation is 1. The van der Waals surface area contributed by atoms with E-state index in [0.717, 1.165) is 23.0 Å². The van der Waals surface area contributed by atoms with Crippen LogP contribution in [0.4, 0.5) is 5.69 Å². The van der Waals surface area contributed by atoms with Crippen LogP contribution >= 0.6 is 23.6 Å². The van der Waals surface area contributed by atoms with Gasteiger partial charge in [0.1, 0.15) is 0 Å². The number of fused-ring (bicyclic) bond motifs is 2. The number of ether oxygens (including phenoxy) is 2. The highest BCUT2D eigenvalue weighted by Gasteiger charge is 2.18. The predicted octanol–water partition coefficient (Wildman–Crippen LogP) is 5.28. The molecule has 8 heteroatoms. The Balaban J connectivity index is 1.46. The van der Waals surface area contributed by atoms with Gasteiger partial charge in [-0.2, -0.15) is 0 Å². The molecule has 0 saturated carbocycles. The monoisotopic (exact) mass is 477 g/mol. The molecule has 0 aliphatic carbocycles. The first kappa shape index (κ1) is 21.5. The lowest BCUT2D eigenvalue weighted by Crippen LogP contribution is -2.35. The zero-order valence-electron chi connectivity index (χ0n) is 18.1. The highest BCUT2D eigenvalue weighted by atomic mass is 32.1. The van der Waals surface area contributed by atoms with E-state index in [2.05, 4.69) is 29.4 Å². The molecule has 0 spiro atoms. The lowest BCUT2D eigenvalue weighted by atomic mass is 10.1. The summed E-state index contributed by atoms with van der Waals surface area (Å²) in [7, 11) is 0. The molecule has 33 heavy (non-hydrogen) atoms. The molecule has 0 amide bonds. The predicted molar refractivity (Wildman–Crippen MR) is 136 cm³/mol. The maximum atomic E-state index is 12.9. The van der Waals surface area contributed by atoms with Crippen molar-refractivity contribution in [2.75, 3.05) is 12.1 Å². The van der Waals surface area contributed by atoms with Crippen LogP contribution in [0.5, 0.6) is 11.5 Å². The molecule has 0 bridgehead atoms. The summed E-state index contributed by atoms with van der Waals surface area (Å²) in [5.74, 6) is 1.33. The Bertz CT molecular complexity index is 1370. The SMILES string of the molecule is CCc1ccccc1NC(=S)N(Cc1cccs1)Cc1cc2cc3c(cc2[nH]c1=O)OCO3. The summed E-state index contributed by atoms with van der Waals surface area (Å²) in [5.41, 5.74) is 3.38. The van der Waals surface area contributed by atoms with Gasteiger partial charge in [0, 0.05) is 27.6 Å². The lowest BCUT2D eigenvalue weighted by molar-refractivity contribution is 0.174. The van der Waals surface area contributed by atoms with Crippen LogP contribution in [0.3, 0.4) is 0 Å². The topological polar surface area (TPSA) is 66.6 Å². The van der Waals surface area contributed by atoms with Gasteiger partial charge in [-0.25, -0.2) is 0 Å². The van der Waals surface area contributed by atoms with Crippen LogP contribution in [0.1, 0.15) is 22.9 Å². The highest BCUT2D eigenvalue weighted by molar-refractivity contribution is 7.80. The lowest BCUT2D eigenvalue weighted by Gasteiger charge is -2.26. The van der Waals surface area contributed by atoms with Crippen molar-refractivity contribution in [1.29, 1.82) is 0 Å². The van der Waals surface area contributed by atoms with Gasteiger partial charge in [0.25, 0.3) is 5.56 Å². The molecule has 3 heterocycles. The second-order valence-electron chi connectivity index (χ2n) is 7.79. The van der Waals surface area contributed by atoms with E-state index >= 15 is 0 Å². The van der Waals surface area contributed by atoms with E-state index in [1.165, 1.54) is 10.4 Å². The number of nitrogens with zero attached hydrogens (tertiary/aromatic N) is 1. The minimum Gasteiger partial charge on any atom is -0.454 e. The van der Waals surface area contributed by atoms with Gasteiger partial charge < -0.3 is 24.7 Å². The molecule has 168 valence electrons. The normalized spacial score (nSPS) is 12.2. The Morgan fingerprint density at radius 3 is 2.70 bits per heavy atom. The number of thiocarbonyl (C=S) groups is 1. The number of aromatic nitrogens is 1. The average molecular weight is 478 g/mol. The van der Waals surface area contributed by atoms with Crippen molar-refractivity contribution in [2.24, 2.45) is 0 Å². The van der Waals surface area contributed by atoms with E-state index in [0.29, 0.717) is 35.3 Å². The van der Waals surface area contributed by atoms with Crippen LogP contribution in [0.25, 0.3) is 10.9 Å². The molecule has 6 nitrogen and oxygen atoms in total. The maximum absolute atomic E-state index is 12.9. The molecule has 5 rings (SSSR count). The molecule has 0 unspecified atom stereocenters. The van der Waals surface area contributed by atoms with Gasteiger partial charge in [0.15, 0.2) is 16.6 Å². The molecule has 2 aromatic heterocycles. The number of aromatic amines is 1. The summed E-state index contributed by atoms with van der Waals surface area (Å²) in [6, 6.07) is 17.8. The van der Waals surface area contributed by atoms with Crippen molar-refractivity contribution in [1.82, 2.24) is 9.88 Å². The number of hydrogen-bond donors (Lipinski definition) is 2. The van der Waals surface area contributed by atoms with Crippen molar-refractivity contribution in [3.05, 3.63) is 86.3 Å². The second-order valence-corrected chi connectivity index (χ2v) is 9.21. The molecule has 2 aromatic carbocycles. The van der Waals surface area contributed by atoms with Gasteiger partial charge in [0.2, 0.25) is 6.79 Å². The van der Waals surface area contributed by atoms with E-state index in [1.807, 2.05) is 46.7 Å². The number of anilines is 1. The summed E-state index contributed by atoms with van der Waals surface area (Å²) >= 11 is 7.48. The molecule has 1 aliphatic heterocycles. The van der Waals surface area contributed by atoms with E-state index in [1.54, 1.807) is 17.4 Å². The van der Waals surface area contributed by atoms with E-state index < -0.39 is 0 Å². The first-order valence-corrected chi connectivity index (χ1v) is 12.0. The first-order chi connectivity index (χ1) is 16.1. The van der Waals surface area contributed by atoms with Gasteiger partial charge >= 0.3 is 0 Å². The summed E-state index contributed by atoms with van der Waals surface area (Å²) in [4.78, 5) is 19.1. The number of benzene rings is 2. The van der Waals surface area contributed by atoms with Crippen LogP contribution in [-0.4, -0.2) is 21.8 Å². The third-order valence-electron chi connectivity index (χ3n) is 5.63. The zero-order valence-corrected chi connectivity index (χ0v) is 19.7. The second kappa shape index (κ2) is 9.25. The van der Waals surface area contributed by atoms with Crippen LogP contribution in [0, 0.1) is 0 Å². The van der Waals surface area contributed by atoms with Gasteiger partial charge in [-0.1, -0.05) is 31.2 Å². The number of nitrogens with one attached hydrogen (secondary N) is 2. The van der Waals surface area contributed by atoms with Crippen LogP contribution in [0.15, 0.2) is 64.8 Å². The van der Waals surface area contributed by atoms with E-state index in [-0.39, 0.29) is 12.4 Å². The molecule has 0 fully saturated rings. The fourth-order valence-electron chi connectivity index (χ4n) is 3.90. The Labute approximate surface area is 200 Å². The number of pyridine rings is 1. The zero-order chi connectivity index (χ0) is 22.8. The van der Waals surface area contributed by atoms with E-state index in [9.17, 15) is 4.79 Å². The number of thiophene rings is 1. The summed E-state index contributed by atoms with van der Waals surface area (Å²) in [6.45, 7) is 3.29. The average Bonchev–Trinajstić information content (AvgIpc) is 3.49. The molecular formula is C25H23N3O3S2. The third kappa shape index (κ3) is 4.58. The number of hydrogen-bond acceptors (Lipinski definition) is 5. The molecule has 0 radical (unpaired) electrons. The van der Waals surface area contributed by atoms with Gasteiger partial charge in [0.05, 0.1) is 18.6 Å². The van der Waals surface area contributed by atoms with Gasteiger partial charge in [-0.05, 0) is 53.8 Å². The number of H-pyrrole nitrogens is 1. The standard InChI is InChI=1S/C25H23N3O3S2/c1-2-16-6-3-4-8-20(16)27-25(32)28(14-19-7-5-9-33-19)13-18-10-17-11-22-23(31-15-30-22)12-21(17)26-24(18)29/h3-12H,2,13-15H2,1H3,(H,26,29)(H,27,32). The quantitative estimate of drug-likeness (QED) is 0.368. The van der Waals surface area contributed by atoms with Crippen molar-refractivity contribution in [3.63, 3.8) is 0 Å². The minimum absolute atomic E-state index is 0.144. The Morgan fingerprint density at radius 2 is 1.91 bits per heavy atom. The molecule has 2 N–H and O–H groups in total. The summed E-state index contributed by atoms with van der Waals surface area (Å²) in [5, 5.41) is 6.91. The van der Waals surface area contributed by atoms with Crippen LogP contribution in [0.2, 0.25) is 0 Å². The Hall–Kier alpha value is -3.36. The van der Waals surface area contributed by atoms with Crippen molar-refractivity contribution >= 4 is 45.3 Å². The van der Waals surface area contributed by atoms with Crippen LogP contribution in [-0.2, 0) is 19.5 Å². The molecule has 0 saturated heterocycles. The maximum Gasteiger partial charge on any atom is 0.253 e. The van der Waals surface area contributed by atoms with Crippen molar-refractivity contribution < 1.29 is 9.47 Å². The van der Waals surface area contributed by atoms with Gasteiger partial charge in [-0.3, -0.25) is 4.79 Å².